The number of aliphatic hydroxyl groups is 5. The zero-order chi connectivity index (χ0) is 32.4. The smallest absolute Gasteiger partial charge is 0.220 e. The summed E-state index contributed by atoms with van der Waals surface area (Å²) in [5.41, 5.74) is 0. The fourth-order valence-electron chi connectivity index (χ4n) is 5.61. The van der Waals surface area contributed by atoms with E-state index in [1.165, 1.54) is 89.9 Å². The van der Waals surface area contributed by atoms with Crippen LogP contribution >= 0.6 is 0 Å². The van der Waals surface area contributed by atoms with Gasteiger partial charge in [0.15, 0.2) is 6.29 Å². The third-order valence-corrected chi connectivity index (χ3v) is 8.61. The number of nitrogens with one attached hydrogen (secondary N) is 1. The number of ether oxygens (including phenoxy) is 2. The van der Waals surface area contributed by atoms with Gasteiger partial charge in [-0.15, -0.1) is 0 Å². The Morgan fingerprint density at radius 3 is 1.75 bits per heavy atom. The van der Waals surface area contributed by atoms with Gasteiger partial charge in [0.05, 0.1) is 25.4 Å². The number of hydrogen-bond acceptors (Lipinski definition) is 8. The minimum absolute atomic E-state index is 0.186. The minimum Gasteiger partial charge on any atom is -0.394 e. The van der Waals surface area contributed by atoms with E-state index in [1.54, 1.807) is 6.08 Å². The number of carbonyl (C=O) groups is 1. The Hall–Kier alpha value is -1.07. The van der Waals surface area contributed by atoms with Gasteiger partial charge < -0.3 is 40.3 Å². The first-order valence-electron chi connectivity index (χ1n) is 17.9. The van der Waals surface area contributed by atoms with Crippen molar-refractivity contribution in [2.75, 3.05) is 13.2 Å². The second-order valence-electron chi connectivity index (χ2n) is 12.7. The Morgan fingerprint density at radius 1 is 0.750 bits per heavy atom. The molecule has 0 spiro atoms. The van der Waals surface area contributed by atoms with Crippen LogP contribution in [0.5, 0.6) is 0 Å². The second kappa shape index (κ2) is 27.1. The zero-order valence-corrected chi connectivity index (χ0v) is 27.9. The quantitative estimate of drug-likeness (QED) is 0.0495. The monoisotopic (exact) mass is 629 g/mol. The molecule has 7 atom stereocenters. The first-order chi connectivity index (χ1) is 21.3. The molecule has 0 aliphatic carbocycles. The van der Waals surface area contributed by atoms with Crippen molar-refractivity contribution in [3.63, 3.8) is 0 Å². The molecular formula is C35H67NO8. The van der Waals surface area contributed by atoms with Gasteiger partial charge in [-0.05, 0) is 12.8 Å². The van der Waals surface area contributed by atoms with E-state index in [9.17, 15) is 30.3 Å². The normalized spacial score (nSPS) is 23.7. The number of unbranched alkanes of at least 4 members (excludes halogenated alkanes) is 18. The highest BCUT2D eigenvalue weighted by molar-refractivity contribution is 5.76. The number of hydrogen-bond donors (Lipinski definition) is 6. The molecule has 1 saturated heterocycles. The van der Waals surface area contributed by atoms with Crippen LogP contribution in [0.1, 0.15) is 149 Å². The van der Waals surface area contributed by atoms with E-state index in [0.29, 0.717) is 6.42 Å². The SMILES string of the molecule is CCCC/C=C/C(O)C(COC1OC(CO)C(O)C(O)C1O)NC(=O)CCCCCCCCCCCCCCCCCCC. The maximum Gasteiger partial charge on any atom is 0.220 e. The zero-order valence-electron chi connectivity index (χ0n) is 27.9. The van der Waals surface area contributed by atoms with Crippen LogP contribution in [0.15, 0.2) is 12.2 Å². The lowest BCUT2D eigenvalue weighted by molar-refractivity contribution is -0.302. The average Bonchev–Trinajstić information content (AvgIpc) is 3.02. The van der Waals surface area contributed by atoms with Crippen molar-refractivity contribution in [3.05, 3.63) is 12.2 Å². The van der Waals surface area contributed by atoms with Crippen molar-refractivity contribution < 1.29 is 39.8 Å². The summed E-state index contributed by atoms with van der Waals surface area (Å²) in [7, 11) is 0. The van der Waals surface area contributed by atoms with Gasteiger partial charge in [0.25, 0.3) is 0 Å². The lowest BCUT2D eigenvalue weighted by Gasteiger charge is -2.40. The summed E-state index contributed by atoms with van der Waals surface area (Å²) in [5.74, 6) is -0.186. The van der Waals surface area contributed by atoms with Crippen LogP contribution in [-0.2, 0) is 14.3 Å². The Bertz CT molecular complexity index is 706. The molecule has 44 heavy (non-hydrogen) atoms. The highest BCUT2D eigenvalue weighted by Crippen LogP contribution is 2.22. The van der Waals surface area contributed by atoms with Crippen molar-refractivity contribution in [2.45, 2.75) is 192 Å². The third kappa shape index (κ3) is 18.8. The maximum absolute atomic E-state index is 12.7. The van der Waals surface area contributed by atoms with Crippen LogP contribution in [0.3, 0.4) is 0 Å². The summed E-state index contributed by atoms with van der Waals surface area (Å²) in [5, 5.41) is 53.3. The predicted octanol–water partition coefficient (Wildman–Crippen LogP) is 5.44. The van der Waals surface area contributed by atoms with Crippen molar-refractivity contribution in [2.24, 2.45) is 0 Å². The van der Waals surface area contributed by atoms with Gasteiger partial charge in [-0.25, -0.2) is 0 Å². The Labute approximate surface area is 267 Å². The van der Waals surface area contributed by atoms with E-state index in [0.717, 1.165) is 38.5 Å². The summed E-state index contributed by atoms with van der Waals surface area (Å²) < 4.78 is 11.0. The molecule has 0 aromatic rings. The molecular weight excluding hydrogens is 562 g/mol. The summed E-state index contributed by atoms with van der Waals surface area (Å²) in [6.07, 6.45) is 20.3. The molecule has 9 heteroatoms. The van der Waals surface area contributed by atoms with Crippen LogP contribution < -0.4 is 5.32 Å². The van der Waals surface area contributed by atoms with E-state index in [1.807, 2.05) is 6.08 Å². The van der Waals surface area contributed by atoms with E-state index >= 15 is 0 Å². The number of rotatable bonds is 28. The molecule has 0 bridgehead atoms. The summed E-state index contributed by atoms with van der Waals surface area (Å²) >= 11 is 0. The van der Waals surface area contributed by atoms with E-state index in [2.05, 4.69) is 19.2 Å². The number of allylic oxidation sites excluding steroid dienone is 1. The molecule has 1 rings (SSSR count). The first-order valence-corrected chi connectivity index (χ1v) is 17.9. The van der Waals surface area contributed by atoms with Gasteiger partial charge in [-0.3, -0.25) is 4.79 Å². The van der Waals surface area contributed by atoms with Crippen LogP contribution in [0.2, 0.25) is 0 Å². The van der Waals surface area contributed by atoms with Crippen LogP contribution in [0.25, 0.3) is 0 Å². The number of carbonyl (C=O) groups excluding carboxylic acids is 1. The highest BCUT2D eigenvalue weighted by atomic mass is 16.7. The first kappa shape index (κ1) is 41.0. The van der Waals surface area contributed by atoms with Gasteiger partial charge in [0.2, 0.25) is 5.91 Å². The van der Waals surface area contributed by atoms with Gasteiger partial charge >= 0.3 is 0 Å². The van der Waals surface area contributed by atoms with Gasteiger partial charge in [0, 0.05) is 6.42 Å². The van der Waals surface area contributed by atoms with Crippen LogP contribution in [0.4, 0.5) is 0 Å². The largest absolute Gasteiger partial charge is 0.394 e. The third-order valence-electron chi connectivity index (χ3n) is 8.61. The molecule has 1 aliphatic heterocycles. The topological polar surface area (TPSA) is 149 Å². The van der Waals surface area contributed by atoms with Crippen molar-refractivity contribution >= 4 is 5.91 Å². The van der Waals surface area contributed by atoms with Crippen LogP contribution in [0, 0.1) is 0 Å². The molecule has 9 nitrogen and oxygen atoms in total. The number of aliphatic hydroxyl groups excluding tert-OH is 5. The molecule has 1 aliphatic rings. The molecule has 0 saturated carbocycles. The Morgan fingerprint density at radius 2 is 1.25 bits per heavy atom. The average molecular weight is 630 g/mol. The van der Waals surface area contributed by atoms with Crippen molar-refractivity contribution in [1.82, 2.24) is 5.32 Å². The summed E-state index contributed by atoms with van der Waals surface area (Å²) in [6, 6.07) is -0.793. The lowest BCUT2D eigenvalue weighted by Crippen LogP contribution is -2.60. The Balaban J connectivity index is 2.27. The molecule has 0 radical (unpaired) electrons. The lowest BCUT2D eigenvalue weighted by atomic mass is 9.99. The molecule has 1 fully saturated rings. The van der Waals surface area contributed by atoms with Crippen LogP contribution in [-0.4, -0.2) is 87.5 Å². The molecule has 1 amide bonds. The van der Waals surface area contributed by atoms with E-state index in [4.69, 9.17) is 9.47 Å². The summed E-state index contributed by atoms with van der Waals surface area (Å²) in [4.78, 5) is 12.7. The van der Waals surface area contributed by atoms with Crippen molar-refractivity contribution in [1.29, 1.82) is 0 Å². The fraction of sp³-hybridized carbons (Fsp3) is 0.914. The van der Waals surface area contributed by atoms with E-state index in [-0.39, 0.29) is 12.5 Å². The maximum atomic E-state index is 12.7. The van der Waals surface area contributed by atoms with Gasteiger partial charge in [-0.1, -0.05) is 142 Å². The standard InChI is InChI=1S/C35H67NO8/c1-3-5-7-9-10-11-12-13-14-15-16-17-18-19-20-21-23-25-31(39)36-28(29(38)24-22-8-6-4-2)27-43-35-34(42)33(41)32(40)30(26-37)44-35/h22,24,28-30,32-35,37-38,40-42H,3-21,23,25-27H2,1-2H3,(H,36,39)/b24-22+. The van der Waals surface area contributed by atoms with Gasteiger partial charge in [-0.2, -0.15) is 0 Å². The fourth-order valence-corrected chi connectivity index (χ4v) is 5.61. The summed E-state index contributed by atoms with van der Waals surface area (Å²) in [6.45, 7) is 3.60. The molecule has 0 aromatic heterocycles. The predicted molar refractivity (Wildman–Crippen MR) is 175 cm³/mol. The van der Waals surface area contributed by atoms with E-state index < -0.39 is 49.5 Å². The van der Waals surface area contributed by atoms with Gasteiger partial charge in [0.1, 0.15) is 24.4 Å². The number of amides is 1. The molecule has 0 aromatic carbocycles. The molecule has 7 unspecified atom stereocenters. The molecule has 1 heterocycles. The van der Waals surface area contributed by atoms with Crippen molar-refractivity contribution in [3.8, 4) is 0 Å². The molecule has 260 valence electrons. The molecule has 6 N–H and O–H groups in total. The Kier molecular flexibility index (Phi) is 25.2. The second-order valence-corrected chi connectivity index (χ2v) is 12.7. The minimum atomic E-state index is -1.56. The highest BCUT2D eigenvalue weighted by Gasteiger charge is 2.44.